The van der Waals surface area contributed by atoms with Crippen LogP contribution in [0.25, 0.3) is 0 Å². The number of hydrogen-bond acceptors (Lipinski definition) is 3. The highest BCUT2D eigenvalue weighted by Crippen LogP contribution is 2.17. The van der Waals surface area contributed by atoms with Gasteiger partial charge in [-0.15, -0.1) is 11.3 Å². The summed E-state index contributed by atoms with van der Waals surface area (Å²) >= 11 is 1.49. The molecule has 0 radical (unpaired) electrons. The maximum atomic E-state index is 11.8. The van der Waals surface area contributed by atoms with Gasteiger partial charge >= 0.3 is 0 Å². The van der Waals surface area contributed by atoms with Crippen LogP contribution in [-0.4, -0.2) is 30.2 Å². The van der Waals surface area contributed by atoms with Crippen LogP contribution in [0.2, 0.25) is 0 Å². The van der Waals surface area contributed by atoms with Crippen molar-refractivity contribution in [3.05, 3.63) is 21.9 Å². The lowest BCUT2D eigenvalue weighted by Gasteiger charge is -2.19. The first kappa shape index (κ1) is 14.9. The highest BCUT2D eigenvalue weighted by Gasteiger charge is 2.14. The number of nitrogens with zero attached hydrogens (tertiary/aromatic N) is 1. The molecular weight excluding hydrogens is 246 g/mol. The molecule has 0 fully saturated rings. The van der Waals surface area contributed by atoms with Crippen LogP contribution in [0.1, 0.15) is 41.2 Å². The van der Waals surface area contributed by atoms with Gasteiger partial charge in [0.2, 0.25) is 5.91 Å². The zero-order valence-corrected chi connectivity index (χ0v) is 12.3. The molecule has 4 heteroatoms. The van der Waals surface area contributed by atoms with Gasteiger partial charge in [0.25, 0.3) is 0 Å². The zero-order chi connectivity index (χ0) is 13.7. The van der Waals surface area contributed by atoms with Crippen molar-refractivity contribution in [1.29, 1.82) is 0 Å². The lowest BCUT2D eigenvalue weighted by atomic mass is 10.1. The van der Waals surface area contributed by atoms with Gasteiger partial charge in [0.05, 0.1) is 4.88 Å². The zero-order valence-electron chi connectivity index (χ0n) is 11.5. The molecule has 18 heavy (non-hydrogen) atoms. The molecule has 0 saturated heterocycles. The van der Waals surface area contributed by atoms with Crippen LogP contribution in [0, 0.1) is 12.8 Å². The summed E-state index contributed by atoms with van der Waals surface area (Å²) in [6.07, 6.45) is 0.611. The lowest BCUT2D eigenvalue weighted by molar-refractivity contribution is -0.130. The van der Waals surface area contributed by atoms with Gasteiger partial charge < -0.3 is 4.90 Å². The lowest BCUT2D eigenvalue weighted by Crippen LogP contribution is -2.30. The summed E-state index contributed by atoms with van der Waals surface area (Å²) in [6, 6.07) is 3.77. The summed E-state index contributed by atoms with van der Waals surface area (Å²) in [5.41, 5.74) is 0. The third-order valence-electron chi connectivity index (χ3n) is 2.65. The molecule has 0 atom stereocenters. The molecule has 1 heterocycles. The second-order valence-electron chi connectivity index (χ2n) is 5.00. The monoisotopic (exact) mass is 267 g/mol. The van der Waals surface area contributed by atoms with E-state index in [1.165, 1.54) is 11.3 Å². The summed E-state index contributed by atoms with van der Waals surface area (Å²) in [5.74, 6) is 0.569. The molecule has 0 aliphatic carbocycles. The summed E-state index contributed by atoms with van der Waals surface area (Å²) in [7, 11) is 1.79. The largest absolute Gasteiger partial charge is 0.345 e. The molecule has 0 aliphatic heterocycles. The molecule has 0 saturated carbocycles. The smallest absolute Gasteiger partial charge is 0.222 e. The van der Waals surface area contributed by atoms with Gasteiger partial charge in [0.1, 0.15) is 0 Å². The number of thiophene rings is 1. The van der Waals surface area contributed by atoms with E-state index in [0.29, 0.717) is 18.8 Å². The molecule has 3 nitrogen and oxygen atoms in total. The minimum Gasteiger partial charge on any atom is -0.345 e. The van der Waals surface area contributed by atoms with Crippen LogP contribution in [0.3, 0.4) is 0 Å². The number of carbonyl (C=O) groups excluding carboxylic acids is 2. The Hall–Kier alpha value is -1.16. The SMILES string of the molecule is Cc1ccc(C(=O)CCC(=O)N(C)CC(C)C)s1. The Labute approximate surface area is 113 Å². The van der Waals surface area contributed by atoms with Gasteiger partial charge in [0.15, 0.2) is 5.78 Å². The number of Topliss-reactive ketones (excluding diaryl/α,β-unsaturated/α-hetero) is 1. The molecule has 0 spiro atoms. The van der Waals surface area contributed by atoms with E-state index < -0.39 is 0 Å². The van der Waals surface area contributed by atoms with E-state index in [2.05, 4.69) is 13.8 Å². The fraction of sp³-hybridized carbons (Fsp3) is 0.571. The number of ketones is 1. The van der Waals surface area contributed by atoms with E-state index in [1.54, 1.807) is 11.9 Å². The Kier molecular flexibility index (Phi) is 5.54. The van der Waals surface area contributed by atoms with Crippen molar-refractivity contribution in [2.24, 2.45) is 5.92 Å². The molecular formula is C14H21NO2S. The maximum Gasteiger partial charge on any atom is 0.222 e. The van der Waals surface area contributed by atoms with Crippen LogP contribution in [-0.2, 0) is 4.79 Å². The Bertz CT molecular complexity index is 423. The first-order valence-corrected chi connectivity index (χ1v) is 7.05. The summed E-state index contributed by atoms with van der Waals surface area (Å²) < 4.78 is 0. The summed E-state index contributed by atoms with van der Waals surface area (Å²) in [4.78, 5) is 27.2. The molecule has 0 N–H and O–H groups in total. The highest BCUT2D eigenvalue weighted by atomic mass is 32.1. The topological polar surface area (TPSA) is 37.4 Å². The number of hydrogen-bond donors (Lipinski definition) is 0. The van der Waals surface area contributed by atoms with Crippen molar-refractivity contribution in [1.82, 2.24) is 4.90 Å². The third kappa shape index (κ3) is 4.61. The molecule has 1 aromatic heterocycles. The Morgan fingerprint density at radius 3 is 2.44 bits per heavy atom. The van der Waals surface area contributed by atoms with Gasteiger partial charge in [-0.25, -0.2) is 0 Å². The molecule has 100 valence electrons. The van der Waals surface area contributed by atoms with Gasteiger partial charge in [-0.2, -0.15) is 0 Å². The van der Waals surface area contributed by atoms with Crippen molar-refractivity contribution in [2.45, 2.75) is 33.6 Å². The summed E-state index contributed by atoms with van der Waals surface area (Å²) in [5, 5.41) is 0. The number of rotatable bonds is 6. The van der Waals surface area contributed by atoms with E-state index in [0.717, 1.165) is 16.3 Å². The van der Waals surface area contributed by atoms with Gasteiger partial charge in [-0.05, 0) is 25.0 Å². The fourth-order valence-corrected chi connectivity index (χ4v) is 2.60. The Morgan fingerprint density at radius 2 is 1.94 bits per heavy atom. The van der Waals surface area contributed by atoms with Crippen molar-refractivity contribution in [3.63, 3.8) is 0 Å². The second kappa shape index (κ2) is 6.69. The average molecular weight is 267 g/mol. The van der Waals surface area contributed by atoms with E-state index in [1.807, 2.05) is 19.1 Å². The fourth-order valence-electron chi connectivity index (χ4n) is 1.77. The van der Waals surface area contributed by atoms with Crippen LogP contribution in [0.5, 0.6) is 0 Å². The third-order valence-corrected chi connectivity index (χ3v) is 3.69. The molecule has 0 unspecified atom stereocenters. The molecule has 0 bridgehead atoms. The Balaban J connectivity index is 2.41. The normalized spacial score (nSPS) is 10.7. The molecule has 1 rings (SSSR count). The van der Waals surface area contributed by atoms with Crippen molar-refractivity contribution >= 4 is 23.0 Å². The quantitative estimate of drug-likeness (QED) is 0.743. The number of carbonyl (C=O) groups is 2. The number of aryl methyl sites for hydroxylation is 1. The van der Waals surface area contributed by atoms with Gasteiger partial charge in [0, 0.05) is 31.3 Å². The first-order valence-electron chi connectivity index (χ1n) is 6.23. The Morgan fingerprint density at radius 1 is 1.28 bits per heavy atom. The number of amides is 1. The predicted octanol–water partition coefficient (Wildman–Crippen LogP) is 3.13. The van der Waals surface area contributed by atoms with Crippen LogP contribution < -0.4 is 0 Å². The van der Waals surface area contributed by atoms with E-state index in [9.17, 15) is 9.59 Å². The first-order chi connectivity index (χ1) is 8.40. The van der Waals surface area contributed by atoms with E-state index in [4.69, 9.17) is 0 Å². The van der Waals surface area contributed by atoms with Gasteiger partial charge in [-0.1, -0.05) is 13.8 Å². The standard InChI is InChI=1S/C14H21NO2S/c1-10(2)9-15(4)14(17)8-6-12(16)13-7-5-11(3)18-13/h5,7,10H,6,8-9H2,1-4H3. The van der Waals surface area contributed by atoms with Crippen LogP contribution >= 0.6 is 11.3 Å². The second-order valence-corrected chi connectivity index (χ2v) is 6.29. The predicted molar refractivity (Wildman–Crippen MR) is 75.1 cm³/mol. The van der Waals surface area contributed by atoms with Crippen LogP contribution in [0.15, 0.2) is 12.1 Å². The van der Waals surface area contributed by atoms with Gasteiger partial charge in [-0.3, -0.25) is 9.59 Å². The van der Waals surface area contributed by atoms with E-state index in [-0.39, 0.29) is 11.7 Å². The highest BCUT2D eigenvalue weighted by molar-refractivity contribution is 7.14. The molecule has 0 aliphatic rings. The minimum atomic E-state index is 0.0466. The van der Waals surface area contributed by atoms with Crippen molar-refractivity contribution in [3.8, 4) is 0 Å². The van der Waals surface area contributed by atoms with Crippen molar-refractivity contribution in [2.75, 3.05) is 13.6 Å². The molecule has 0 aromatic carbocycles. The summed E-state index contributed by atoms with van der Waals surface area (Å²) in [6.45, 7) is 6.86. The average Bonchev–Trinajstić information content (AvgIpc) is 2.71. The minimum absolute atomic E-state index is 0.0466. The van der Waals surface area contributed by atoms with Crippen molar-refractivity contribution < 1.29 is 9.59 Å². The molecule has 1 amide bonds. The van der Waals surface area contributed by atoms with E-state index >= 15 is 0 Å². The molecule has 1 aromatic rings. The maximum absolute atomic E-state index is 11.8. The van der Waals surface area contributed by atoms with Crippen LogP contribution in [0.4, 0.5) is 0 Å².